The molecule has 0 spiro atoms. The highest BCUT2D eigenvalue weighted by molar-refractivity contribution is 6.95. The van der Waals surface area contributed by atoms with Crippen LogP contribution in [0.5, 0.6) is 0 Å². The maximum absolute atomic E-state index is 13.0. The average Bonchev–Trinajstić information content (AvgIpc) is 3.01. The molecule has 0 unspecified atom stereocenters. The first-order valence-electron chi connectivity index (χ1n) is 13.3. The van der Waals surface area contributed by atoms with Gasteiger partial charge < -0.3 is 4.74 Å². The van der Waals surface area contributed by atoms with Gasteiger partial charge in [-0.2, -0.15) is 0 Å². The molecule has 0 N–H and O–H groups in total. The van der Waals surface area contributed by atoms with Crippen LogP contribution in [-0.4, -0.2) is 30.9 Å². The van der Waals surface area contributed by atoms with E-state index >= 15 is 0 Å². The molecule has 192 valence electrons. The van der Waals surface area contributed by atoms with Crippen LogP contribution in [0, 0.1) is 0 Å². The van der Waals surface area contributed by atoms with Crippen LogP contribution >= 0.6 is 0 Å². The Hall–Kier alpha value is -5.03. The molecule has 0 aromatic heterocycles. The van der Waals surface area contributed by atoms with Crippen LogP contribution < -0.4 is 16.4 Å². The Bertz CT molecular complexity index is 1670. The maximum atomic E-state index is 13.0. The largest absolute Gasteiger partial charge is 0.462 e. The third-order valence-electron chi connectivity index (χ3n) is 7.36. The summed E-state index contributed by atoms with van der Waals surface area (Å²) in [6.45, 7) is 0.325. The van der Waals surface area contributed by atoms with Crippen molar-refractivity contribution in [1.29, 1.82) is 0 Å². The van der Waals surface area contributed by atoms with Crippen molar-refractivity contribution in [2.75, 3.05) is 6.61 Å². The van der Waals surface area contributed by atoms with Gasteiger partial charge in [-0.25, -0.2) is 4.79 Å². The number of hydrogen-bond donors (Lipinski definition) is 0. The fraction of sp³-hybridized carbons (Fsp3) is 0.0571. The van der Waals surface area contributed by atoms with E-state index in [2.05, 4.69) is 72.8 Å². The lowest BCUT2D eigenvalue weighted by Gasteiger charge is -2.17. The van der Waals surface area contributed by atoms with Crippen LogP contribution in [-0.2, 0) is 11.2 Å². The summed E-state index contributed by atoms with van der Waals surface area (Å²) in [5.41, 5.74) is 6.24. The van der Waals surface area contributed by atoms with Crippen LogP contribution in [0.15, 0.2) is 127 Å². The van der Waals surface area contributed by atoms with Gasteiger partial charge in [0, 0.05) is 28.7 Å². The molecule has 0 fully saturated rings. The van der Waals surface area contributed by atoms with Gasteiger partial charge in [-0.15, -0.1) is 0 Å². The minimum absolute atomic E-state index is 0.125. The molecular formula is C35H25BO4. The summed E-state index contributed by atoms with van der Waals surface area (Å²) >= 11 is 0. The van der Waals surface area contributed by atoms with E-state index in [1.54, 1.807) is 30.3 Å². The number of fused-ring (bicyclic) bond motifs is 2. The second-order valence-electron chi connectivity index (χ2n) is 9.85. The monoisotopic (exact) mass is 520 g/mol. The van der Waals surface area contributed by atoms with E-state index in [4.69, 9.17) is 4.74 Å². The minimum Gasteiger partial charge on any atom is -0.462 e. The number of carbonyl (C=O) groups is 3. The summed E-state index contributed by atoms with van der Waals surface area (Å²) in [5.74, 6) is -0.994. The first kappa shape index (κ1) is 25.3. The van der Waals surface area contributed by atoms with E-state index in [1.165, 1.54) is 28.5 Å². The van der Waals surface area contributed by atoms with Crippen molar-refractivity contribution in [3.8, 4) is 0 Å². The van der Waals surface area contributed by atoms with Crippen molar-refractivity contribution in [2.45, 2.75) is 6.42 Å². The number of benzene rings is 5. The maximum Gasteiger partial charge on any atom is 0.338 e. The zero-order valence-corrected chi connectivity index (χ0v) is 21.7. The molecule has 1 aliphatic rings. The Morgan fingerprint density at radius 3 is 1.65 bits per heavy atom. The Balaban J connectivity index is 1.13. The molecule has 0 radical (unpaired) electrons. The predicted octanol–water partition coefficient (Wildman–Crippen LogP) is 4.38. The SMILES string of the molecule is O=C(OCCc1ccc(B(c2ccccc2)c2ccccc2)cc1)c1ccc2c(c1)C(=O)c1ccccc1C2=O. The van der Waals surface area contributed by atoms with Crippen LogP contribution in [0.2, 0.25) is 0 Å². The summed E-state index contributed by atoms with van der Waals surface area (Å²) < 4.78 is 5.54. The summed E-state index contributed by atoms with van der Waals surface area (Å²) in [6, 6.07) is 40.6. The Labute approximate surface area is 233 Å². The van der Waals surface area contributed by atoms with Crippen molar-refractivity contribution in [1.82, 2.24) is 0 Å². The Morgan fingerprint density at radius 1 is 0.550 bits per heavy atom. The zero-order chi connectivity index (χ0) is 27.5. The number of carbonyl (C=O) groups excluding carboxylic acids is 3. The zero-order valence-electron chi connectivity index (χ0n) is 21.7. The molecule has 40 heavy (non-hydrogen) atoms. The van der Waals surface area contributed by atoms with Gasteiger partial charge in [-0.05, 0) is 23.8 Å². The highest BCUT2D eigenvalue weighted by Crippen LogP contribution is 2.28. The molecule has 4 nitrogen and oxygen atoms in total. The molecule has 0 atom stereocenters. The Morgan fingerprint density at radius 2 is 1.05 bits per heavy atom. The smallest absolute Gasteiger partial charge is 0.338 e. The third kappa shape index (κ3) is 4.90. The van der Waals surface area contributed by atoms with E-state index in [0.29, 0.717) is 23.1 Å². The van der Waals surface area contributed by atoms with Gasteiger partial charge in [0.2, 0.25) is 6.71 Å². The molecule has 0 heterocycles. The molecule has 0 bridgehead atoms. The van der Waals surface area contributed by atoms with Gasteiger partial charge in [0.25, 0.3) is 0 Å². The molecular weight excluding hydrogens is 495 g/mol. The topological polar surface area (TPSA) is 60.4 Å². The number of ether oxygens (including phenoxy) is 1. The van der Waals surface area contributed by atoms with Crippen molar-refractivity contribution in [3.05, 3.63) is 161 Å². The minimum atomic E-state index is -0.522. The molecule has 6 rings (SSSR count). The highest BCUT2D eigenvalue weighted by atomic mass is 16.5. The predicted molar refractivity (Wildman–Crippen MR) is 158 cm³/mol. The van der Waals surface area contributed by atoms with Crippen LogP contribution in [0.4, 0.5) is 0 Å². The summed E-state index contributed by atoms with van der Waals surface area (Å²) in [5, 5.41) is 0. The van der Waals surface area contributed by atoms with Gasteiger partial charge in [-0.3, -0.25) is 9.59 Å². The van der Waals surface area contributed by atoms with Gasteiger partial charge in [0.05, 0.1) is 12.2 Å². The standard InChI is InChI=1S/C35H25BO4/c37-33-29-13-7-8-14-30(29)34(38)32-23-25(17-20-31(32)33)35(39)40-22-21-24-15-18-28(19-16-24)36(26-9-3-1-4-10-26)27-11-5-2-6-12-27/h1-20,23H,21-22H2. The number of rotatable bonds is 7. The number of esters is 1. The fourth-order valence-corrected chi connectivity index (χ4v) is 5.32. The summed E-state index contributed by atoms with van der Waals surface area (Å²) in [6.07, 6.45) is 0.559. The van der Waals surface area contributed by atoms with Gasteiger partial charge >= 0.3 is 5.97 Å². The van der Waals surface area contributed by atoms with Gasteiger partial charge in [0.1, 0.15) is 0 Å². The van der Waals surface area contributed by atoms with Gasteiger partial charge in [0.15, 0.2) is 11.6 Å². The van der Waals surface area contributed by atoms with Crippen molar-refractivity contribution < 1.29 is 19.1 Å². The van der Waals surface area contributed by atoms with Gasteiger partial charge in [-0.1, -0.05) is 126 Å². The molecule has 1 aliphatic carbocycles. The Kier molecular flexibility index (Phi) is 6.94. The summed E-state index contributed by atoms with van der Waals surface area (Å²) in [7, 11) is 0. The van der Waals surface area contributed by atoms with E-state index in [0.717, 1.165) is 5.56 Å². The summed E-state index contributed by atoms with van der Waals surface area (Å²) in [4.78, 5) is 38.6. The van der Waals surface area contributed by atoms with E-state index < -0.39 is 5.97 Å². The molecule has 5 aromatic rings. The molecule has 0 amide bonds. The third-order valence-corrected chi connectivity index (χ3v) is 7.36. The molecule has 5 heteroatoms. The number of hydrogen-bond acceptors (Lipinski definition) is 4. The lowest BCUT2D eigenvalue weighted by atomic mass is 9.37. The highest BCUT2D eigenvalue weighted by Gasteiger charge is 2.30. The second-order valence-corrected chi connectivity index (χ2v) is 9.85. The van der Waals surface area contributed by atoms with E-state index in [1.807, 2.05) is 12.1 Å². The van der Waals surface area contributed by atoms with Crippen LogP contribution in [0.25, 0.3) is 0 Å². The lowest BCUT2D eigenvalue weighted by molar-refractivity contribution is 0.0509. The number of ketones is 2. The molecule has 0 aliphatic heterocycles. The lowest BCUT2D eigenvalue weighted by Crippen LogP contribution is -2.51. The molecule has 5 aromatic carbocycles. The second kappa shape index (κ2) is 11.0. The van der Waals surface area contributed by atoms with Crippen LogP contribution in [0.1, 0.15) is 47.8 Å². The first-order valence-corrected chi connectivity index (χ1v) is 13.3. The fourth-order valence-electron chi connectivity index (χ4n) is 5.32. The molecule has 0 saturated carbocycles. The van der Waals surface area contributed by atoms with E-state index in [-0.39, 0.29) is 36.0 Å². The normalized spacial score (nSPS) is 11.9. The molecule has 0 saturated heterocycles. The van der Waals surface area contributed by atoms with Crippen molar-refractivity contribution in [3.63, 3.8) is 0 Å². The first-order chi connectivity index (χ1) is 19.6. The van der Waals surface area contributed by atoms with Crippen molar-refractivity contribution in [2.24, 2.45) is 0 Å². The van der Waals surface area contributed by atoms with Crippen molar-refractivity contribution >= 4 is 40.6 Å². The van der Waals surface area contributed by atoms with Crippen LogP contribution in [0.3, 0.4) is 0 Å². The average molecular weight is 520 g/mol. The van der Waals surface area contributed by atoms with E-state index in [9.17, 15) is 14.4 Å². The quantitative estimate of drug-likeness (QED) is 0.232.